The zero-order valence-electron chi connectivity index (χ0n) is 14.2. The summed E-state index contributed by atoms with van der Waals surface area (Å²) in [7, 11) is 3.87. The van der Waals surface area contributed by atoms with Crippen molar-refractivity contribution < 1.29 is 9.84 Å². The first-order chi connectivity index (χ1) is 10.5. The van der Waals surface area contributed by atoms with Crippen molar-refractivity contribution in [1.82, 2.24) is 9.80 Å². The Hall–Kier alpha value is -1.26. The lowest BCUT2D eigenvalue weighted by Gasteiger charge is -2.48. The molecule has 0 bridgehead atoms. The van der Waals surface area contributed by atoms with Gasteiger partial charge in [-0.3, -0.25) is 4.90 Å². The summed E-state index contributed by atoms with van der Waals surface area (Å²) in [6.07, 6.45) is 2.27. The van der Waals surface area contributed by atoms with E-state index >= 15 is 0 Å². The molecule has 0 aliphatic carbocycles. The lowest BCUT2D eigenvalue weighted by molar-refractivity contribution is 0.0294. The van der Waals surface area contributed by atoms with Crippen LogP contribution >= 0.6 is 0 Å². The number of aromatic hydroxyl groups is 1. The highest BCUT2D eigenvalue weighted by atomic mass is 16.5. The highest BCUT2D eigenvalue weighted by Gasteiger charge is 2.36. The van der Waals surface area contributed by atoms with Crippen LogP contribution in [0.4, 0.5) is 0 Å². The van der Waals surface area contributed by atoms with Crippen LogP contribution in [0, 0.1) is 5.92 Å². The molecule has 1 aromatic rings. The number of nitrogens with zero attached hydrogens (tertiary/aromatic N) is 2. The molecule has 1 fully saturated rings. The van der Waals surface area contributed by atoms with Gasteiger partial charge in [0.05, 0.1) is 7.11 Å². The van der Waals surface area contributed by atoms with Crippen LogP contribution in [-0.2, 0) is 6.42 Å². The van der Waals surface area contributed by atoms with Gasteiger partial charge in [-0.15, -0.1) is 0 Å². The molecule has 4 nitrogen and oxygen atoms in total. The molecule has 0 spiro atoms. The van der Waals surface area contributed by atoms with Crippen molar-refractivity contribution in [2.45, 2.75) is 38.8 Å². The number of phenolic OH excluding ortho intramolecular Hbond substituents is 1. The van der Waals surface area contributed by atoms with Gasteiger partial charge < -0.3 is 14.7 Å². The fourth-order valence-electron chi connectivity index (χ4n) is 4.00. The number of piperazine rings is 1. The summed E-state index contributed by atoms with van der Waals surface area (Å²) >= 11 is 0. The lowest BCUT2D eigenvalue weighted by atomic mass is 9.88. The zero-order chi connectivity index (χ0) is 15.9. The van der Waals surface area contributed by atoms with Crippen molar-refractivity contribution in [3.8, 4) is 11.5 Å². The topological polar surface area (TPSA) is 35.9 Å². The molecular weight excluding hydrogens is 276 g/mol. The number of ether oxygens (including phenoxy) is 1. The van der Waals surface area contributed by atoms with E-state index in [4.69, 9.17) is 4.74 Å². The van der Waals surface area contributed by atoms with Gasteiger partial charge in [-0.2, -0.15) is 0 Å². The quantitative estimate of drug-likeness (QED) is 0.931. The molecular formula is C18H28N2O2. The van der Waals surface area contributed by atoms with Gasteiger partial charge in [0.2, 0.25) is 0 Å². The molecule has 1 aromatic carbocycles. The van der Waals surface area contributed by atoms with E-state index in [1.54, 1.807) is 7.11 Å². The molecule has 1 N–H and O–H groups in total. The monoisotopic (exact) mass is 304 g/mol. The van der Waals surface area contributed by atoms with E-state index in [0.29, 0.717) is 17.8 Å². The molecule has 2 aliphatic rings. The SMILES string of the molecule is COc1cc2c(cc1O)CCN1C[C@@H](CC(C)C)N(C)C[C@H]21. The molecule has 2 atom stereocenters. The maximum absolute atomic E-state index is 10.0. The van der Waals surface area contributed by atoms with Crippen LogP contribution in [0.15, 0.2) is 12.1 Å². The smallest absolute Gasteiger partial charge is 0.160 e. The van der Waals surface area contributed by atoms with Crippen LogP contribution in [0.3, 0.4) is 0 Å². The first-order valence-corrected chi connectivity index (χ1v) is 8.33. The predicted molar refractivity (Wildman–Crippen MR) is 88.5 cm³/mol. The third-order valence-corrected chi connectivity index (χ3v) is 5.18. The second-order valence-electron chi connectivity index (χ2n) is 7.21. The summed E-state index contributed by atoms with van der Waals surface area (Å²) in [6.45, 7) is 7.89. The van der Waals surface area contributed by atoms with Crippen molar-refractivity contribution in [3.05, 3.63) is 23.3 Å². The second-order valence-corrected chi connectivity index (χ2v) is 7.21. The third-order valence-electron chi connectivity index (χ3n) is 5.18. The predicted octanol–water partition coefficient (Wildman–Crippen LogP) is 2.66. The number of fused-ring (bicyclic) bond motifs is 3. The summed E-state index contributed by atoms with van der Waals surface area (Å²) in [5, 5.41) is 10.0. The molecule has 4 heteroatoms. The van der Waals surface area contributed by atoms with Crippen LogP contribution in [0.2, 0.25) is 0 Å². The van der Waals surface area contributed by atoms with Gasteiger partial charge in [0.25, 0.3) is 0 Å². The summed E-state index contributed by atoms with van der Waals surface area (Å²) in [6, 6.07) is 5.01. The van der Waals surface area contributed by atoms with Gasteiger partial charge in [-0.25, -0.2) is 0 Å². The maximum Gasteiger partial charge on any atom is 0.160 e. The van der Waals surface area contributed by atoms with Crippen molar-refractivity contribution in [2.75, 3.05) is 33.8 Å². The Morgan fingerprint density at radius 3 is 2.77 bits per heavy atom. The number of rotatable bonds is 3. The Labute approximate surface area is 133 Å². The van der Waals surface area contributed by atoms with E-state index in [9.17, 15) is 5.11 Å². The van der Waals surface area contributed by atoms with E-state index in [1.807, 2.05) is 12.1 Å². The number of benzene rings is 1. The van der Waals surface area contributed by atoms with Crippen molar-refractivity contribution >= 4 is 0 Å². The molecule has 2 heterocycles. The third kappa shape index (κ3) is 2.82. The molecule has 0 aromatic heterocycles. The molecule has 0 saturated carbocycles. The Bertz CT molecular complexity index is 544. The average Bonchev–Trinajstić information content (AvgIpc) is 2.47. The Morgan fingerprint density at radius 2 is 2.09 bits per heavy atom. The minimum absolute atomic E-state index is 0.261. The van der Waals surface area contributed by atoms with Crippen LogP contribution in [-0.4, -0.2) is 54.7 Å². The molecule has 0 radical (unpaired) electrons. The van der Waals surface area contributed by atoms with Gasteiger partial charge in [0.15, 0.2) is 11.5 Å². The average molecular weight is 304 g/mol. The van der Waals surface area contributed by atoms with E-state index in [2.05, 4.69) is 30.7 Å². The van der Waals surface area contributed by atoms with Crippen LogP contribution < -0.4 is 4.74 Å². The summed E-state index contributed by atoms with van der Waals surface area (Å²) < 4.78 is 5.31. The first-order valence-electron chi connectivity index (χ1n) is 8.33. The largest absolute Gasteiger partial charge is 0.504 e. The van der Waals surface area contributed by atoms with E-state index in [1.165, 1.54) is 17.5 Å². The van der Waals surface area contributed by atoms with Gasteiger partial charge >= 0.3 is 0 Å². The van der Waals surface area contributed by atoms with Crippen LogP contribution in [0.1, 0.15) is 37.4 Å². The normalized spacial score (nSPS) is 25.9. The minimum Gasteiger partial charge on any atom is -0.504 e. The summed E-state index contributed by atoms with van der Waals surface area (Å²) in [4.78, 5) is 5.13. The highest BCUT2D eigenvalue weighted by Crippen LogP contribution is 2.39. The lowest BCUT2D eigenvalue weighted by Crippen LogP contribution is -2.55. The van der Waals surface area contributed by atoms with E-state index in [0.717, 1.165) is 32.0 Å². The van der Waals surface area contributed by atoms with Gasteiger partial charge in [-0.1, -0.05) is 13.8 Å². The number of hydrogen-bond donors (Lipinski definition) is 1. The zero-order valence-corrected chi connectivity index (χ0v) is 14.2. The standard InChI is InChI=1S/C18H28N2O2/c1-12(2)7-14-10-20-6-5-13-8-17(21)18(22-4)9-15(13)16(20)11-19(14)3/h8-9,12,14,16,21H,5-7,10-11H2,1-4H3/t14-,16-/m1/s1. The van der Waals surface area contributed by atoms with Gasteiger partial charge in [0, 0.05) is 31.7 Å². The van der Waals surface area contributed by atoms with Gasteiger partial charge in [0.1, 0.15) is 0 Å². The van der Waals surface area contributed by atoms with E-state index < -0.39 is 0 Å². The van der Waals surface area contributed by atoms with Crippen LogP contribution in [0.5, 0.6) is 11.5 Å². The fourth-order valence-corrected chi connectivity index (χ4v) is 4.00. The molecule has 22 heavy (non-hydrogen) atoms. The van der Waals surface area contributed by atoms with E-state index in [-0.39, 0.29) is 5.75 Å². The maximum atomic E-state index is 10.0. The number of hydrogen-bond acceptors (Lipinski definition) is 4. The summed E-state index contributed by atoms with van der Waals surface area (Å²) in [5.74, 6) is 1.59. The molecule has 3 rings (SSSR count). The molecule has 0 unspecified atom stereocenters. The Balaban J connectivity index is 1.86. The van der Waals surface area contributed by atoms with Gasteiger partial charge in [-0.05, 0) is 49.1 Å². The van der Waals surface area contributed by atoms with Crippen molar-refractivity contribution in [3.63, 3.8) is 0 Å². The van der Waals surface area contributed by atoms with Crippen LogP contribution in [0.25, 0.3) is 0 Å². The first kappa shape index (κ1) is 15.6. The minimum atomic E-state index is 0.261. The molecule has 2 aliphatic heterocycles. The molecule has 0 amide bonds. The van der Waals surface area contributed by atoms with Crippen molar-refractivity contribution in [2.24, 2.45) is 5.92 Å². The second kappa shape index (κ2) is 6.09. The molecule has 1 saturated heterocycles. The highest BCUT2D eigenvalue weighted by molar-refractivity contribution is 5.49. The van der Waals surface area contributed by atoms with Crippen molar-refractivity contribution in [1.29, 1.82) is 0 Å². The Morgan fingerprint density at radius 1 is 1.32 bits per heavy atom. The number of likely N-dealkylation sites (N-methyl/N-ethyl adjacent to an activating group) is 1. The fraction of sp³-hybridized carbons (Fsp3) is 0.667. The molecule has 122 valence electrons. The number of phenols is 1. The Kier molecular flexibility index (Phi) is 4.33. The number of methoxy groups -OCH3 is 1. The summed E-state index contributed by atoms with van der Waals surface area (Å²) in [5.41, 5.74) is 2.60.